The van der Waals surface area contributed by atoms with Crippen molar-refractivity contribution in [3.63, 3.8) is 0 Å². The summed E-state index contributed by atoms with van der Waals surface area (Å²) < 4.78 is 7.40. The molecule has 0 amide bonds. The summed E-state index contributed by atoms with van der Waals surface area (Å²) in [5.41, 5.74) is 2.39. The first-order valence-corrected chi connectivity index (χ1v) is 8.72. The Morgan fingerprint density at radius 2 is 2.04 bits per heavy atom. The van der Waals surface area contributed by atoms with Crippen LogP contribution in [0.4, 0.5) is 0 Å². The number of likely N-dealkylation sites (tertiary alicyclic amines) is 1. The number of piperidine rings is 1. The molecule has 6 heteroatoms. The van der Waals surface area contributed by atoms with Gasteiger partial charge >= 0.3 is 0 Å². The van der Waals surface area contributed by atoms with Gasteiger partial charge in [0, 0.05) is 32.8 Å². The standard InChI is InChI=1S/C17H32N4O2/c1-5-16-15(17(23-4)20(3)18-16)13-21-10-7-14(8-11-21)19(2)9-6-12-22/h14,22H,5-13H2,1-4H3. The molecule has 1 aliphatic rings. The molecule has 0 saturated carbocycles. The largest absolute Gasteiger partial charge is 0.481 e. The SMILES string of the molecule is CCc1nn(C)c(OC)c1CN1CCC(N(C)CCCO)CC1. The molecular weight excluding hydrogens is 292 g/mol. The molecule has 0 atom stereocenters. The van der Waals surface area contributed by atoms with Gasteiger partial charge in [-0.2, -0.15) is 5.10 Å². The van der Waals surface area contributed by atoms with Crippen LogP contribution in [-0.2, 0) is 20.0 Å². The predicted octanol–water partition coefficient (Wildman–Crippen LogP) is 1.27. The van der Waals surface area contributed by atoms with Gasteiger partial charge in [0.25, 0.3) is 0 Å². The van der Waals surface area contributed by atoms with E-state index < -0.39 is 0 Å². The number of aliphatic hydroxyl groups excluding tert-OH is 1. The molecule has 1 fully saturated rings. The van der Waals surface area contributed by atoms with Gasteiger partial charge < -0.3 is 14.7 Å². The fourth-order valence-electron chi connectivity index (χ4n) is 3.55. The number of rotatable bonds is 8. The third kappa shape index (κ3) is 4.46. The summed E-state index contributed by atoms with van der Waals surface area (Å²) in [6.45, 7) is 6.55. The Balaban J connectivity index is 1.92. The summed E-state index contributed by atoms with van der Waals surface area (Å²) in [6, 6.07) is 0.638. The first kappa shape index (κ1) is 18.2. The molecule has 0 aliphatic carbocycles. The number of methoxy groups -OCH3 is 1. The third-order valence-electron chi connectivity index (χ3n) is 4.93. The van der Waals surface area contributed by atoms with E-state index in [4.69, 9.17) is 9.84 Å². The lowest BCUT2D eigenvalue weighted by atomic mass is 10.0. The molecule has 0 aromatic carbocycles. The second-order valence-electron chi connectivity index (χ2n) is 6.48. The molecule has 1 aromatic rings. The number of hydrogen-bond donors (Lipinski definition) is 1. The van der Waals surface area contributed by atoms with Crippen LogP contribution in [0.1, 0.15) is 37.4 Å². The Morgan fingerprint density at radius 3 is 2.61 bits per heavy atom. The monoisotopic (exact) mass is 324 g/mol. The summed E-state index contributed by atoms with van der Waals surface area (Å²) in [4.78, 5) is 4.91. The van der Waals surface area contributed by atoms with Gasteiger partial charge in [-0.25, -0.2) is 4.68 Å². The molecule has 1 aromatic heterocycles. The average molecular weight is 324 g/mol. The number of aryl methyl sites for hydroxylation is 2. The van der Waals surface area contributed by atoms with Gasteiger partial charge in [-0.05, 0) is 45.8 Å². The topological polar surface area (TPSA) is 53.8 Å². The van der Waals surface area contributed by atoms with Gasteiger partial charge in [0.1, 0.15) is 0 Å². The number of ether oxygens (including phenoxy) is 1. The quantitative estimate of drug-likeness (QED) is 0.780. The number of hydrogen-bond acceptors (Lipinski definition) is 5. The Hall–Kier alpha value is -1.11. The normalized spacial score (nSPS) is 17.1. The first-order valence-electron chi connectivity index (χ1n) is 8.72. The van der Waals surface area contributed by atoms with Gasteiger partial charge in [-0.3, -0.25) is 4.90 Å². The molecule has 2 heterocycles. The van der Waals surface area contributed by atoms with Crippen molar-refractivity contribution in [2.45, 2.75) is 45.2 Å². The van der Waals surface area contributed by atoms with Crippen molar-refractivity contribution in [3.8, 4) is 5.88 Å². The van der Waals surface area contributed by atoms with Crippen molar-refractivity contribution >= 4 is 0 Å². The van der Waals surface area contributed by atoms with Crippen molar-refractivity contribution in [2.24, 2.45) is 7.05 Å². The van der Waals surface area contributed by atoms with Crippen LogP contribution in [-0.4, -0.2) is 71.1 Å². The van der Waals surface area contributed by atoms with E-state index in [0.717, 1.165) is 50.6 Å². The summed E-state index contributed by atoms with van der Waals surface area (Å²) in [5.74, 6) is 0.893. The Bertz CT molecular complexity index is 481. The summed E-state index contributed by atoms with van der Waals surface area (Å²) in [5, 5.41) is 13.5. The minimum Gasteiger partial charge on any atom is -0.481 e. The first-order chi connectivity index (χ1) is 11.1. The third-order valence-corrected chi connectivity index (χ3v) is 4.93. The zero-order chi connectivity index (χ0) is 16.8. The molecule has 0 bridgehead atoms. The second-order valence-corrected chi connectivity index (χ2v) is 6.48. The van der Waals surface area contributed by atoms with Crippen molar-refractivity contribution in [3.05, 3.63) is 11.3 Å². The Morgan fingerprint density at radius 1 is 1.35 bits per heavy atom. The molecule has 6 nitrogen and oxygen atoms in total. The average Bonchev–Trinajstić information content (AvgIpc) is 2.88. The van der Waals surface area contributed by atoms with Gasteiger partial charge in [0.2, 0.25) is 5.88 Å². The molecule has 1 saturated heterocycles. The lowest BCUT2D eigenvalue weighted by Gasteiger charge is -2.36. The fourth-order valence-corrected chi connectivity index (χ4v) is 3.55. The highest BCUT2D eigenvalue weighted by atomic mass is 16.5. The van der Waals surface area contributed by atoms with Crippen LogP contribution in [0.15, 0.2) is 0 Å². The molecule has 132 valence electrons. The molecular formula is C17H32N4O2. The molecule has 0 radical (unpaired) electrons. The zero-order valence-corrected chi connectivity index (χ0v) is 15.1. The Kier molecular flexibility index (Phi) is 6.87. The number of aliphatic hydroxyl groups is 1. The summed E-state index contributed by atoms with van der Waals surface area (Å²) in [6.07, 6.45) is 4.17. The number of nitrogens with zero attached hydrogens (tertiary/aromatic N) is 4. The van der Waals surface area contributed by atoms with Crippen LogP contribution in [0.25, 0.3) is 0 Å². The van der Waals surface area contributed by atoms with Gasteiger partial charge in [-0.15, -0.1) is 0 Å². The van der Waals surface area contributed by atoms with Crippen LogP contribution >= 0.6 is 0 Å². The zero-order valence-electron chi connectivity index (χ0n) is 15.1. The van der Waals surface area contributed by atoms with Crippen LogP contribution in [0.3, 0.4) is 0 Å². The van der Waals surface area contributed by atoms with Gasteiger partial charge in [-0.1, -0.05) is 6.92 Å². The van der Waals surface area contributed by atoms with E-state index in [9.17, 15) is 0 Å². The minimum atomic E-state index is 0.282. The maximum Gasteiger partial charge on any atom is 0.216 e. The smallest absolute Gasteiger partial charge is 0.216 e. The molecule has 1 N–H and O–H groups in total. The van der Waals surface area contributed by atoms with Crippen LogP contribution in [0, 0.1) is 0 Å². The van der Waals surface area contributed by atoms with Crippen molar-refractivity contribution in [1.82, 2.24) is 19.6 Å². The highest BCUT2D eigenvalue weighted by molar-refractivity contribution is 5.31. The van der Waals surface area contributed by atoms with E-state index in [2.05, 4.69) is 28.9 Å². The lowest BCUT2D eigenvalue weighted by molar-refractivity contribution is 0.116. The minimum absolute atomic E-state index is 0.282. The van der Waals surface area contributed by atoms with Crippen molar-refractivity contribution in [1.29, 1.82) is 0 Å². The van der Waals surface area contributed by atoms with Gasteiger partial charge in [0.05, 0.1) is 18.4 Å². The highest BCUT2D eigenvalue weighted by Crippen LogP contribution is 2.26. The molecule has 0 unspecified atom stereocenters. The van der Waals surface area contributed by atoms with Crippen LogP contribution < -0.4 is 4.74 Å². The maximum atomic E-state index is 8.97. The van der Waals surface area contributed by atoms with E-state index in [0.29, 0.717) is 6.04 Å². The van der Waals surface area contributed by atoms with E-state index >= 15 is 0 Å². The van der Waals surface area contributed by atoms with E-state index in [1.807, 2.05) is 11.7 Å². The summed E-state index contributed by atoms with van der Waals surface area (Å²) >= 11 is 0. The molecule has 2 rings (SSSR count). The maximum absolute atomic E-state index is 8.97. The van der Waals surface area contributed by atoms with E-state index in [1.165, 1.54) is 18.4 Å². The fraction of sp³-hybridized carbons (Fsp3) is 0.824. The van der Waals surface area contributed by atoms with Crippen LogP contribution in [0.2, 0.25) is 0 Å². The lowest BCUT2D eigenvalue weighted by Crippen LogP contribution is -2.43. The Labute approximate surface area is 140 Å². The summed E-state index contributed by atoms with van der Waals surface area (Å²) in [7, 11) is 5.85. The predicted molar refractivity (Wildman–Crippen MR) is 91.8 cm³/mol. The highest BCUT2D eigenvalue weighted by Gasteiger charge is 2.25. The van der Waals surface area contributed by atoms with E-state index in [1.54, 1.807) is 7.11 Å². The second kappa shape index (κ2) is 8.66. The van der Waals surface area contributed by atoms with Crippen molar-refractivity contribution < 1.29 is 9.84 Å². The molecule has 23 heavy (non-hydrogen) atoms. The van der Waals surface area contributed by atoms with E-state index in [-0.39, 0.29) is 6.61 Å². The van der Waals surface area contributed by atoms with Gasteiger partial charge in [0.15, 0.2) is 0 Å². The molecule has 0 spiro atoms. The van der Waals surface area contributed by atoms with Crippen molar-refractivity contribution in [2.75, 3.05) is 40.4 Å². The van der Waals surface area contributed by atoms with Crippen LogP contribution in [0.5, 0.6) is 5.88 Å². The molecule has 1 aliphatic heterocycles. The number of aromatic nitrogens is 2.